The number of nitrogens with zero attached hydrogens (tertiary/aromatic N) is 1. The third-order valence-electron chi connectivity index (χ3n) is 2.93. The van der Waals surface area contributed by atoms with Crippen molar-refractivity contribution in [1.29, 1.82) is 0 Å². The number of rotatable bonds is 1. The van der Waals surface area contributed by atoms with Crippen LogP contribution in [0, 0.1) is 5.92 Å². The highest BCUT2D eigenvalue weighted by Gasteiger charge is 2.27. The third-order valence-corrected chi connectivity index (χ3v) is 4.17. The molecular weight excluding hydrogens is 182 g/mol. The van der Waals surface area contributed by atoms with Crippen LogP contribution in [0.25, 0.3) is 0 Å². The first kappa shape index (κ1) is 9.38. The van der Waals surface area contributed by atoms with E-state index in [4.69, 9.17) is 4.84 Å². The Bertz CT molecular complexity index is 199. The maximum absolute atomic E-state index is 5.21. The summed E-state index contributed by atoms with van der Waals surface area (Å²) in [6, 6.07) is 0. The Balaban J connectivity index is 1.89. The molecule has 74 valence electrons. The van der Waals surface area contributed by atoms with Gasteiger partial charge >= 0.3 is 0 Å². The van der Waals surface area contributed by atoms with E-state index in [1.807, 2.05) is 18.7 Å². The van der Waals surface area contributed by atoms with Gasteiger partial charge < -0.3 is 4.84 Å². The maximum atomic E-state index is 5.21. The van der Waals surface area contributed by atoms with Gasteiger partial charge in [0, 0.05) is 0 Å². The molecule has 2 rings (SSSR count). The predicted molar refractivity (Wildman–Crippen MR) is 57.0 cm³/mol. The van der Waals surface area contributed by atoms with Crippen LogP contribution in [-0.4, -0.2) is 16.9 Å². The molecule has 1 atom stereocenters. The van der Waals surface area contributed by atoms with Gasteiger partial charge in [0.2, 0.25) is 0 Å². The van der Waals surface area contributed by atoms with E-state index >= 15 is 0 Å². The van der Waals surface area contributed by atoms with Crippen molar-refractivity contribution >= 4 is 16.8 Å². The van der Waals surface area contributed by atoms with Crippen molar-refractivity contribution in [1.82, 2.24) is 0 Å². The molecule has 0 radical (unpaired) electrons. The van der Waals surface area contributed by atoms with Crippen molar-refractivity contribution in [3.05, 3.63) is 0 Å². The lowest BCUT2D eigenvalue weighted by molar-refractivity contribution is 0.124. The monoisotopic (exact) mass is 199 g/mol. The van der Waals surface area contributed by atoms with Crippen molar-refractivity contribution in [2.45, 2.75) is 44.3 Å². The molecule has 1 saturated carbocycles. The molecule has 3 heteroatoms. The zero-order valence-corrected chi connectivity index (χ0v) is 8.98. The second-order valence-electron chi connectivity index (χ2n) is 3.96. The zero-order chi connectivity index (χ0) is 9.10. The van der Waals surface area contributed by atoms with Crippen LogP contribution in [0.4, 0.5) is 0 Å². The summed E-state index contributed by atoms with van der Waals surface area (Å²) in [6.07, 6.45) is 7.06. The Kier molecular flexibility index (Phi) is 3.14. The fraction of sp³-hybridized carbons (Fsp3) is 0.900. The number of thioether (sulfide) groups is 1. The summed E-state index contributed by atoms with van der Waals surface area (Å²) >= 11 is 1.92. The molecule has 1 unspecified atom stereocenters. The molecule has 0 N–H and O–H groups in total. The second kappa shape index (κ2) is 4.36. The smallest absolute Gasteiger partial charge is 0.129 e. The number of hydrogen-bond donors (Lipinski definition) is 0. The van der Waals surface area contributed by atoms with E-state index in [-0.39, 0.29) is 0 Å². The van der Waals surface area contributed by atoms with Gasteiger partial charge in [-0.05, 0) is 25.7 Å². The van der Waals surface area contributed by atoms with Crippen LogP contribution in [-0.2, 0) is 4.84 Å². The van der Waals surface area contributed by atoms with E-state index in [1.54, 1.807) is 0 Å². The lowest BCUT2D eigenvalue weighted by Gasteiger charge is -2.30. The van der Waals surface area contributed by atoms with E-state index in [9.17, 15) is 0 Å². The van der Waals surface area contributed by atoms with Gasteiger partial charge in [-0.3, -0.25) is 0 Å². The summed E-state index contributed by atoms with van der Waals surface area (Å²) in [5.41, 5.74) is 0. The lowest BCUT2D eigenvalue weighted by atomic mass is 9.87. The second-order valence-corrected chi connectivity index (χ2v) is 5.39. The molecule has 2 aliphatic rings. The summed E-state index contributed by atoms with van der Waals surface area (Å²) in [5, 5.41) is 5.73. The van der Waals surface area contributed by atoms with Crippen molar-refractivity contribution in [2.75, 3.05) is 6.61 Å². The van der Waals surface area contributed by atoms with Crippen LogP contribution in [0.5, 0.6) is 0 Å². The number of oxime groups is 1. The average Bonchev–Trinajstić information content (AvgIpc) is 2.19. The highest BCUT2D eigenvalue weighted by molar-refractivity contribution is 8.14. The van der Waals surface area contributed by atoms with Gasteiger partial charge in [0.1, 0.15) is 11.7 Å². The summed E-state index contributed by atoms with van der Waals surface area (Å²) in [6.45, 7) is 2.87. The standard InChI is InChI=1S/C10H17NOS/c1-8-11-12-7-10(13-8)9-5-3-2-4-6-9/h9-10H,2-7H2,1H3. The normalized spacial score (nSPS) is 30.8. The minimum atomic E-state index is 0.679. The predicted octanol–water partition coefficient (Wildman–Crippen LogP) is 3.03. The molecule has 1 aliphatic heterocycles. The summed E-state index contributed by atoms with van der Waals surface area (Å²) in [5.74, 6) is 0.879. The van der Waals surface area contributed by atoms with Gasteiger partial charge in [-0.2, -0.15) is 0 Å². The highest BCUT2D eigenvalue weighted by Crippen LogP contribution is 2.34. The molecule has 1 heterocycles. The van der Waals surface area contributed by atoms with Crippen LogP contribution in [0.2, 0.25) is 0 Å². The molecule has 0 saturated heterocycles. The molecule has 0 amide bonds. The van der Waals surface area contributed by atoms with Gasteiger partial charge in [-0.15, -0.1) is 11.8 Å². The molecule has 0 spiro atoms. The summed E-state index contributed by atoms with van der Waals surface area (Å²) in [7, 11) is 0. The first-order valence-corrected chi connectivity index (χ1v) is 6.07. The van der Waals surface area contributed by atoms with Gasteiger partial charge in [0.05, 0.1) is 5.25 Å². The molecule has 1 aliphatic carbocycles. The topological polar surface area (TPSA) is 21.6 Å². The van der Waals surface area contributed by atoms with Crippen LogP contribution in [0.3, 0.4) is 0 Å². The fourth-order valence-corrected chi connectivity index (χ4v) is 3.34. The molecule has 1 fully saturated rings. The van der Waals surface area contributed by atoms with Crippen LogP contribution in [0.1, 0.15) is 39.0 Å². The maximum Gasteiger partial charge on any atom is 0.129 e. The van der Waals surface area contributed by atoms with Crippen LogP contribution < -0.4 is 0 Å². The van der Waals surface area contributed by atoms with E-state index in [0.29, 0.717) is 5.25 Å². The van der Waals surface area contributed by atoms with Crippen LogP contribution >= 0.6 is 11.8 Å². The first-order chi connectivity index (χ1) is 6.36. The largest absolute Gasteiger partial charge is 0.394 e. The van der Waals surface area contributed by atoms with Crippen molar-refractivity contribution in [3.8, 4) is 0 Å². The van der Waals surface area contributed by atoms with E-state index in [0.717, 1.165) is 17.6 Å². The highest BCUT2D eigenvalue weighted by atomic mass is 32.2. The summed E-state index contributed by atoms with van der Waals surface area (Å²) in [4.78, 5) is 5.21. The molecule has 13 heavy (non-hydrogen) atoms. The minimum Gasteiger partial charge on any atom is -0.394 e. The first-order valence-electron chi connectivity index (χ1n) is 5.19. The molecule has 2 nitrogen and oxygen atoms in total. The van der Waals surface area contributed by atoms with Crippen molar-refractivity contribution < 1.29 is 4.84 Å². The SMILES string of the molecule is CC1=NOCC(C2CCCCC2)S1. The molecular formula is C10H17NOS. The van der Waals surface area contributed by atoms with Gasteiger partial charge in [0.25, 0.3) is 0 Å². The third kappa shape index (κ3) is 2.39. The average molecular weight is 199 g/mol. The molecule has 0 aromatic rings. The molecule has 0 aromatic heterocycles. The Morgan fingerprint density at radius 2 is 2.08 bits per heavy atom. The van der Waals surface area contributed by atoms with E-state index < -0.39 is 0 Å². The van der Waals surface area contributed by atoms with Gasteiger partial charge in [-0.25, -0.2) is 0 Å². The quantitative estimate of drug-likeness (QED) is 0.647. The van der Waals surface area contributed by atoms with E-state index in [2.05, 4.69) is 5.16 Å². The molecule has 0 aromatic carbocycles. The van der Waals surface area contributed by atoms with Crippen molar-refractivity contribution in [3.63, 3.8) is 0 Å². The molecule has 0 bridgehead atoms. The zero-order valence-electron chi connectivity index (χ0n) is 8.16. The number of hydrogen-bond acceptors (Lipinski definition) is 3. The van der Waals surface area contributed by atoms with Crippen LogP contribution in [0.15, 0.2) is 5.16 Å². The van der Waals surface area contributed by atoms with Gasteiger partial charge in [0.15, 0.2) is 0 Å². The lowest BCUT2D eigenvalue weighted by Crippen LogP contribution is -2.27. The fourth-order valence-electron chi connectivity index (χ4n) is 2.21. The van der Waals surface area contributed by atoms with Crippen molar-refractivity contribution in [2.24, 2.45) is 11.1 Å². The van der Waals surface area contributed by atoms with Gasteiger partial charge in [-0.1, -0.05) is 24.4 Å². The Hall–Kier alpha value is -0.180. The Morgan fingerprint density at radius 1 is 1.31 bits per heavy atom. The Morgan fingerprint density at radius 3 is 2.77 bits per heavy atom. The van der Waals surface area contributed by atoms with E-state index in [1.165, 1.54) is 32.1 Å². The Labute approximate surface area is 84.1 Å². The summed E-state index contributed by atoms with van der Waals surface area (Å²) < 4.78 is 0. The minimum absolute atomic E-state index is 0.679.